The van der Waals surface area contributed by atoms with Gasteiger partial charge >= 0.3 is 0 Å². The van der Waals surface area contributed by atoms with Crippen LogP contribution >= 0.6 is 0 Å². The summed E-state index contributed by atoms with van der Waals surface area (Å²) < 4.78 is 28.8. The average Bonchev–Trinajstić information content (AvgIpc) is 2.67. The van der Waals surface area contributed by atoms with Gasteiger partial charge in [0.05, 0.1) is 11.4 Å². The van der Waals surface area contributed by atoms with E-state index in [1.54, 1.807) is 37.2 Å². The van der Waals surface area contributed by atoms with Crippen molar-refractivity contribution < 1.29 is 40.4 Å². The molecule has 0 aliphatic heterocycles. The van der Waals surface area contributed by atoms with E-state index < -0.39 is 6.68 Å². The van der Waals surface area contributed by atoms with E-state index in [1.807, 2.05) is 18.2 Å². The smallest absolute Gasteiger partial charge is 0.154 e. The van der Waals surface area contributed by atoms with Gasteiger partial charge in [0.25, 0.3) is 0 Å². The molecule has 0 bridgehead atoms. The number of nitrogens with one attached hydrogen (secondary N) is 2. The molecule has 9 nitrogen and oxygen atoms in total. The fourth-order valence-corrected chi connectivity index (χ4v) is 0.611. The zero-order chi connectivity index (χ0) is 21.0. The van der Waals surface area contributed by atoms with E-state index in [0.717, 1.165) is 0 Å². The van der Waals surface area contributed by atoms with Crippen LogP contribution in [0.3, 0.4) is 0 Å². The van der Waals surface area contributed by atoms with E-state index >= 15 is 0 Å². The molecule has 157 valence electrons. The van der Waals surface area contributed by atoms with Crippen LogP contribution in [0, 0.1) is 16.5 Å². The zero-order valence-electron chi connectivity index (χ0n) is 14.9. The van der Waals surface area contributed by atoms with Gasteiger partial charge in [-0.15, -0.1) is 9.81 Å². The second kappa shape index (κ2) is 23.6. The molecule has 0 unspecified atom stereocenters. The molecule has 1 heterocycles. The van der Waals surface area contributed by atoms with Crippen molar-refractivity contribution in [2.24, 2.45) is 10.4 Å². The Morgan fingerprint density at radius 1 is 0.852 bits per heavy atom. The molecule has 0 fully saturated rings. The Labute approximate surface area is 164 Å². The van der Waals surface area contributed by atoms with Gasteiger partial charge in [0, 0.05) is 29.2 Å². The molecule has 1 radical (unpaired) electrons. The van der Waals surface area contributed by atoms with Gasteiger partial charge in [-0.05, 0) is 50.2 Å². The van der Waals surface area contributed by atoms with Crippen molar-refractivity contribution in [3.8, 4) is 0 Å². The third-order valence-electron chi connectivity index (χ3n) is 2.26. The van der Waals surface area contributed by atoms with Crippen LogP contribution in [0.15, 0.2) is 63.7 Å². The Balaban J connectivity index is -0.000000133. The molecular formula is C14H21CoF3N5O4-. The molecule has 1 aromatic heterocycles. The summed E-state index contributed by atoms with van der Waals surface area (Å²) in [6.07, 6.45) is 3.50. The van der Waals surface area contributed by atoms with Gasteiger partial charge in [0.1, 0.15) is 11.4 Å². The maximum atomic E-state index is 9.65. The topological polar surface area (TPSA) is 136 Å². The second-order valence-electron chi connectivity index (χ2n) is 4.07. The molecule has 0 aliphatic rings. The molecule has 0 aromatic carbocycles. The van der Waals surface area contributed by atoms with E-state index in [9.17, 15) is 23.0 Å². The largest absolute Gasteiger partial charge is 0.385 e. The van der Waals surface area contributed by atoms with Crippen LogP contribution in [-0.2, 0) is 16.8 Å². The van der Waals surface area contributed by atoms with Crippen molar-refractivity contribution in [3.63, 3.8) is 0 Å². The van der Waals surface area contributed by atoms with Crippen LogP contribution in [-0.4, -0.2) is 15.4 Å². The predicted octanol–water partition coefficient (Wildman–Crippen LogP) is 4.39. The van der Waals surface area contributed by atoms with Crippen molar-refractivity contribution in [1.82, 2.24) is 15.9 Å². The monoisotopic (exact) mass is 439 g/mol. The molecule has 0 aliphatic carbocycles. The first-order chi connectivity index (χ1) is 12.2. The van der Waals surface area contributed by atoms with E-state index in [2.05, 4.69) is 15.3 Å². The SMILES string of the molecule is C/C(N=O)=C(\C)NO.C/C(N=O)=C(\C)NO.F[C-](F)F.[Co].c1ccncc1. The number of hydrogen-bond donors (Lipinski definition) is 4. The van der Waals surface area contributed by atoms with Crippen molar-refractivity contribution in [3.05, 3.63) is 69.9 Å². The Bertz CT molecular complexity index is 489. The quantitative estimate of drug-likeness (QED) is 0.310. The minimum absolute atomic E-state index is 0. The van der Waals surface area contributed by atoms with Gasteiger partial charge in [-0.2, -0.15) is 0 Å². The Hall–Kier alpha value is -2.35. The number of halogens is 3. The molecule has 0 saturated heterocycles. The Morgan fingerprint density at radius 3 is 1.22 bits per heavy atom. The summed E-state index contributed by atoms with van der Waals surface area (Å²) in [5.74, 6) is 0. The number of hydroxylamine groups is 2. The number of nitrogens with zero attached hydrogens (tertiary/aromatic N) is 3. The van der Waals surface area contributed by atoms with Crippen LogP contribution in [0.5, 0.6) is 0 Å². The second-order valence-corrected chi connectivity index (χ2v) is 4.07. The minimum atomic E-state index is -3.08. The summed E-state index contributed by atoms with van der Waals surface area (Å²) in [5, 5.41) is 21.4. The van der Waals surface area contributed by atoms with Gasteiger partial charge in [-0.25, -0.2) is 0 Å². The summed E-state index contributed by atoms with van der Waals surface area (Å²) in [6.45, 7) is 3.03. The van der Waals surface area contributed by atoms with Gasteiger partial charge in [-0.1, -0.05) is 6.07 Å². The predicted molar refractivity (Wildman–Crippen MR) is 89.0 cm³/mol. The third kappa shape index (κ3) is 28.7. The molecule has 1 rings (SSSR count). The van der Waals surface area contributed by atoms with Crippen molar-refractivity contribution >= 4 is 0 Å². The Kier molecular flexibility index (Phi) is 28.3. The summed E-state index contributed by atoms with van der Waals surface area (Å²) in [7, 11) is 0. The molecular weight excluding hydrogens is 418 g/mol. The minimum Gasteiger partial charge on any atom is -0.385 e. The fourth-order valence-electron chi connectivity index (χ4n) is 0.611. The van der Waals surface area contributed by atoms with E-state index in [-0.39, 0.29) is 28.2 Å². The molecule has 0 spiro atoms. The summed E-state index contributed by atoms with van der Waals surface area (Å²) in [6, 6.07) is 5.72. The molecule has 27 heavy (non-hydrogen) atoms. The van der Waals surface area contributed by atoms with Gasteiger partial charge in [0.15, 0.2) is 6.68 Å². The summed E-state index contributed by atoms with van der Waals surface area (Å²) in [4.78, 5) is 23.1. The maximum Gasteiger partial charge on any atom is 0.154 e. The van der Waals surface area contributed by atoms with Gasteiger partial charge in [0.2, 0.25) is 0 Å². The number of pyridine rings is 1. The van der Waals surface area contributed by atoms with Gasteiger partial charge < -0.3 is 13.2 Å². The first-order valence-corrected chi connectivity index (χ1v) is 6.68. The maximum absolute atomic E-state index is 9.65. The van der Waals surface area contributed by atoms with Crippen LogP contribution in [0.2, 0.25) is 0 Å². The molecule has 1 aromatic rings. The van der Waals surface area contributed by atoms with Crippen LogP contribution < -0.4 is 11.0 Å². The van der Waals surface area contributed by atoms with Crippen molar-refractivity contribution in [2.45, 2.75) is 27.7 Å². The van der Waals surface area contributed by atoms with E-state index in [1.165, 1.54) is 13.8 Å². The average molecular weight is 439 g/mol. The number of rotatable bonds is 4. The van der Waals surface area contributed by atoms with Crippen LogP contribution in [0.1, 0.15) is 27.7 Å². The number of allylic oxidation sites excluding steroid dienone is 4. The van der Waals surface area contributed by atoms with E-state index in [0.29, 0.717) is 11.4 Å². The number of hydrogen-bond acceptors (Lipinski definition) is 9. The van der Waals surface area contributed by atoms with Crippen molar-refractivity contribution in [1.29, 1.82) is 0 Å². The fraction of sp³-hybridized carbons (Fsp3) is 0.286. The van der Waals surface area contributed by atoms with Crippen molar-refractivity contribution in [2.75, 3.05) is 0 Å². The first kappa shape index (κ1) is 32.3. The molecule has 0 saturated carbocycles. The summed E-state index contributed by atoms with van der Waals surface area (Å²) >= 11 is 0. The molecule has 4 N–H and O–H groups in total. The van der Waals surface area contributed by atoms with E-state index in [4.69, 9.17) is 10.4 Å². The molecule has 13 heteroatoms. The number of nitroso groups, excluding NO2 is 2. The molecule has 0 atom stereocenters. The molecule has 0 amide bonds. The standard InChI is InChI=1S/C5H5N.2C4H8N2O2.CF3.Co/c1-2-4-6-5-3-1;2*1-3(5-7)4(2)6-8;2-1(3)4;/h1-5H;2*5,7H,1-2H3;;/q;;;-1;/b;2*4-3-;;. The summed E-state index contributed by atoms with van der Waals surface area (Å²) in [5.41, 5.74) is 4.87. The van der Waals surface area contributed by atoms with Crippen LogP contribution in [0.25, 0.3) is 0 Å². The normalized spacial score (nSPS) is 10.4. The first-order valence-electron chi connectivity index (χ1n) is 6.68. The zero-order valence-corrected chi connectivity index (χ0v) is 15.9. The van der Waals surface area contributed by atoms with Gasteiger partial charge in [-0.3, -0.25) is 26.4 Å². The number of aromatic nitrogens is 1. The van der Waals surface area contributed by atoms with Crippen LogP contribution in [0.4, 0.5) is 13.2 Å². The Morgan fingerprint density at radius 2 is 1.15 bits per heavy atom. The third-order valence-corrected chi connectivity index (χ3v) is 2.26.